The monoisotopic (exact) mass is 226 g/mol. The highest BCUT2D eigenvalue weighted by atomic mass is 16.2. The summed E-state index contributed by atoms with van der Waals surface area (Å²) in [6.07, 6.45) is 4.95. The fourth-order valence-electron chi connectivity index (χ4n) is 2.48. The number of nitrogens with two attached hydrogens (primary N) is 1. The summed E-state index contributed by atoms with van der Waals surface area (Å²) in [7, 11) is 0. The second kappa shape index (κ2) is 5.67. The van der Waals surface area contributed by atoms with Gasteiger partial charge >= 0.3 is 0 Å². The zero-order valence-electron chi connectivity index (χ0n) is 11.0. The summed E-state index contributed by atoms with van der Waals surface area (Å²) in [6, 6.07) is 0.133. The Hall–Kier alpha value is -0.570. The number of amides is 1. The van der Waals surface area contributed by atoms with Crippen molar-refractivity contribution < 1.29 is 4.79 Å². The van der Waals surface area contributed by atoms with Crippen molar-refractivity contribution in [2.45, 2.75) is 58.9 Å². The van der Waals surface area contributed by atoms with E-state index in [1.807, 2.05) is 11.8 Å². The molecule has 1 fully saturated rings. The highest BCUT2D eigenvalue weighted by Crippen LogP contribution is 2.37. The lowest BCUT2D eigenvalue weighted by atomic mass is 9.82. The van der Waals surface area contributed by atoms with Crippen LogP contribution in [0.15, 0.2) is 0 Å². The molecule has 0 aliphatic carbocycles. The van der Waals surface area contributed by atoms with Gasteiger partial charge in [0.1, 0.15) is 0 Å². The van der Waals surface area contributed by atoms with E-state index in [4.69, 9.17) is 5.73 Å². The Morgan fingerprint density at radius 2 is 2.06 bits per heavy atom. The number of likely N-dealkylation sites (tertiary alicyclic amines) is 1. The van der Waals surface area contributed by atoms with Crippen molar-refractivity contribution in [1.29, 1.82) is 0 Å². The normalized spacial score (nSPS) is 21.1. The van der Waals surface area contributed by atoms with Gasteiger partial charge in [-0.15, -0.1) is 0 Å². The third-order valence-electron chi connectivity index (χ3n) is 4.10. The second-order valence-corrected chi connectivity index (χ2v) is 5.29. The van der Waals surface area contributed by atoms with Crippen LogP contribution in [0.1, 0.15) is 52.9 Å². The molecule has 0 spiro atoms. The minimum absolute atomic E-state index is 0.133. The lowest BCUT2D eigenvalue weighted by molar-refractivity contribution is -0.130. The molecule has 1 heterocycles. The summed E-state index contributed by atoms with van der Waals surface area (Å²) in [5.74, 6) is 0.293. The van der Waals surface area contributed by atoms with E-state index < -0.39 is 0 Å². The third kappa shape index (κ3) is 3.21. The first-order valence-electron chi connectivity index (χ1n) is 6.56. The first kappa shape index (κ1) is 13.5. The van der Waals surface area contributed by atoms with E-state index in [1.165, 1.54) is 19.3 Å². The Morgan fingerprint density at radius 1 is 1.44 bits per heavy atom. The average Bonchev–Trinajstić information content (AvgIpc) is 2.71. The first-order valence-corrected chi connectivity index (χ1v) is 6.56. The molecule has 3 nitrogen and oxygen atoms in total. The van der Waals surface area contributed by atoms with Gasteiger partial charge in [0.2, 0.25) is 5.91 Å². The van der Waals surface area contributed by atoms with Crippen LogP contribution in [-0.4, -0.2) is 29.9 Å². The number of carbonyl (C=O) groups excluding carboxylic acids is 1. The van der Waals surface area contributed by atoms with E-state index in [-0.39, 0.29) is 6.04 Å². The molecular formula is C13H26N2O. The molecule has 1 aliphatic heterocycles. The zero-order valence-corrected chi connectivity index (χ0v) is 11.0. The van der Waals surface area contributed by atoms with Crippen LogP contribution in [0.2, 0.25) is 0 Å². The molecule has 3 heteroatoms. The van der Waals surface area contributed by atoms with Gasteiger partial charge in [-0.25, -0.2) is 0 Å². The molecule has 1 rings (SSSR count). The van der Waals surface area contributed by atoms with Gasteiger partial charge < -0.3 is 10.6 Å². The third-order valence-corrected chi connectivity index (χ3v) is 4.10. The highest BCUT2D eigenvalue weighted by Gasteiger charge is 2.36. The first-order chi connectivity index (χ1) is 7.53. The Balaban J connectivity index is 2.43. The summed E-state index contributed by atoms with van der Waals surface area (Å²) in [5, 5.41) is 0. The van der Waals surface area contributed by atoms with Crippen molar-refractivity contribution in [3.63, 3.8) is 0 Å². The number of hydrogen-bond acceptors (Lipinski definition) is 2. The molecule has 16 heavy (non-hydrogen) atoms. The maximum atomic E-state index is 11.9. The molecule has 0 bridgehead atoms. The van der Waals surface area contributed by atoms with Gasteiger partial charge in [0.25, 0.3) is 0 Å². The van der Waals surface area contributed by atoms with Gasteiger partial charge in [0, 0.05) is 25.6 Å². The topological polar surface area (TPSA) is 46.3 Å². The van der Waals surface area contributed by atoms with Crippen molar-refractivity contribution in [2.75, 3.05) is 13.1 Å². The zero-order chi connectivity index (χ0) is 12.2. The average molecular weight is 226 g/mol. The maximum absolute atomic E-state index is 11.9. The van der Waals surface area contributed by atoms with Gasteiger partial charge in [-0.2, -0.15) is 0 Å². The van der Waals surface area contributed by atoms with Crippen molar-refractivity contribution in [2.24, 2.45) is 11.1 Å². The SMILES string of the molecule is CCC1(CC)CCN(C(=O)CCC(C)N)C1. The molecule has 1 amide bonds. The molecule has 0 radical (unpaired) electrons. The fraction of sp³-hybridized carbons (Fsp3) is 0.923. The molecule has 1 unspecified atom stereocenters. The van der Waals surface area contributed by atoms with Gasteiger partial charge in [0.15, 0.2) is 0 Å². The Labute approximate surface area is 99.4 Å². The standard InChI is InChI=1S/C13H26N2O/c1-4-13(5-2)8-9-15(10-13)12(16)7-6-11(3)14/h11H,4-10,14H2,1-3H3. The minimum Gasteiger partial charge on any atom is -0.342 e. The van der Waals surface area contributed by atoms with Crippen LogP contribution in [0, 0.1) is 5.41 Å². The highest BCUT2D eigenvalue weighted by molar-refractivity contribution is 5.76. The molecule has 0 aromatic heterocycles. The van der Waals surface area contributed by atoms with Crippen molar-refractivity contribution >= 4 is 5.91 Å². The molecule has 1 aliphatic rings. The van der Waals surface area contributed by atoms with Gasteiger partial charge in [-0.3, -0.25) is 4.79 Å². The van der Waals surface area contributed by atoms with Crippen LogP contribution < -0.4 is 5.73 Å². The van der Waals surface area contributed by atoms with E-state index in [9.17, 15) is 4.79 Å². The maximum Gasteiger partial charge on any atom is 0.222 e. The van der Waals surface area contributed by atoms with E-state index in [1.54, 1.807) is 0 Å². The van der Waals surface area contributed by atoms with Crippen LogP contribution >= 0.6 is 0 Å². The van der Waals surface area contributed by atoms with Gasteiger partial charge in [-0.05, 0) is 38.0 Å². The van der Waals surface area contributed by atoms with Crippen LogP contribution in [0.4, 0.5) is 0 Å². The quantitative estimate of drug-likeness (QED) is 0.781. The van der Waals surface area contributed by atoms with Crippen LogP contribution in [-0.2, 0) is 4.79 Å². The van der Waals surface area contributed by atoms with E-state index >= 15 is 0 Å². The molecule has 2 N–H and O–H groups in total. The van der Waals surface area contributed by atoms with Crippen molar-refractivity contribution in [1.82, 2.24) is 4.90 Å². The van der Waals surface area contributed by atoms with Crippen molar-refractivity contribution in [3.8, 4) is 0 Å². The van der Waals surface area contributed by atoms with Crippen molar-refractivity contribution in [3.05, 3.63) is 0 Å². The summed E-state index contributed by atoms with van der Waals surface area (Å²) < 4.78 is 0. The molecule has 0 aromatic carbocycles. The molecular weight excluding hydrogens is 200 g/mol. The number of nitrogens with zero attached hydrogens (tertiary/aromatic N) is 1. The number of hydrogen-bond donors (Lipinski definition) is 1. The van der Waals surface area contributed by atoms with Gasteiger partial charge in [-0.1, -0.05) is 13.8 Å². The Morgan fingerprint density at radius 3 is 2.50 bits per heavy atom. The summed E-state index contributed by atoms with van der Waals surface area (Å²) in [4.78, 5) is 14.0. The minimum atomic E-state index is 0.133. The molecule has 0 saturated carbocycles. The van der Waals surface area contributed by atoms with Crippen LogP contribution in [0.3, 0.4) is 0 Å². The van der Waals surface area contributed by atoms with Crippen LogP contribution in [0.5, 0.6) is 0 Å². The van der Waals surface area contributed by atoms with E-state index in [0.717, 1.165) is 19.5 Å². The van der Waals surface area contributed by atoms with Gasteiger partial charge in [0.05, 0.1) is 0 Å². The predicted molar refractivity (Wildman–Crippen MR) is 67.1 cm³/mol. The Bertz CT molecular complexity index is 234. The molecule has 1 saturated heterocycles. The lowest BCUT2D eigenvalue weighted by Gasteiger charge is -2.26. The second-order valence-electron chi connectivity index (χ2n) is 5.29. The number of carbonyl (C=O) groups is 1. The number of rotatable bonds is 5. The summed E-state index contributed by atoms with van der Waals surface area (Å²) in [6.45, 7) is 8.33. The van der Waals surface area contributed by atoms with Crippen LogP contribution in [0.25, 0.3) is 0 Å². The van der Waals surface area contributed by atoms with E-state index in [2.05, 4.69) is 13.8 Å². The smallest absolute Gasteiger partial charge is 0.222 e. The largest absolute Gasteiger partial charge is 0.342 e. The molecule has 0 aromatic rings. The Kier molecular flexibility index (Phi) is 4.78. The lowest BCUT2D eigenvalue weighted by Crippen LogP contribution is -2.32. The fourth-order valence-corrected chi connectivity index (χ4v) is 2.48. The summed E-state index contributed by atoms with van der Waals surface area (Å²) >= 11 is 0. The molecule has 1 atom stereocenters. The summed E-state index contributed by atoms with van der Waals surface area (Å²) in [5.41, 5.74) is 6.07. The van der Waals surface area contributed by atoms with E-state index in [0.29, 0.717) is 17.7 Å². The molecule has 94 valence electrons. The predicted octanol–water partition coefficient (Wildman–Crippen LogP) is 2.15.